The van der Waals surface area contributed by atoms with Gasteiger partial charge in [0, 0.05) is 18.8 Å². The van der Waals surface area contributed by atoms with Gasteiger partial charge in [-0.15, -0.1) is 0 Å². The first kappa shape index (κ1) is 21.8. The molecule has 160 valence electrons. The Kier molecular flexibility index (Phi) is 7.07. The van der Waals surface area contributed by atoms with E-state index in [1.54, 1.807) is 31.4 Å². The smallest absolute Gasteiger partial charge is 0.338 e. The molecule has 1 fully saturated rings. The van der Waals surface area contributed by atoms with Crippen LogP contribution in [0.3, 0.4) is 0 Å². The Hall–Kier alpha value is -2.91. The summed E-state index contributed by atoms with van der Waals surface area (Å²) in [5.41, 5.74) is 0.608. The first-order valence-corrected chi connectivity index (χ1v) is 11.1. The molecule has 0 bridgehead atoms. The summed E-state index contributed by atoms with van der Waals surface area (Å²) in [6.07, 6.45) is 2.66. The van der Waals surface area contributed by atoms with Gasteiger partial charge in [-0.3, -0.25) is 4.79 Å². The summed E-state index contributed by atoms with van der Waals surface area (Å²) in [5, 5.41) is 2.60. The maximum absolute atomic E-state index is 12.8. The zero-order chi connectivity index (χ0) is 21.6. The number of carbonyl (C=O) groups is 2. The first-order chi connectivity index (χ1) is 14.4. The van der Waals surface area contributed by atoms with Crippen LogP contribution in [0.1, 0.15) is 29.6 Å². The number of carbonyl (C=O) groups excluding carboxylic acids is 2. The second-order valence-corrected chi connectivity index (χ2v) is 8.78. The van der Waals surface area contributed by atoms with Crippen molar-refractivity contribution in [2.45, 2.75) is 24.2 Å². The summed E-state index contributed by atoms with van der Waals surface area (Å²) < 4.78 is 37.1. The molecule has 0 aromatic heterocycles. The lowest BCUT2D eigenvalue weighted by Gasteiger charge is -2.25. The lowest BCUT2D eigenvalue weighted by molar-refractivity contribution is -0.119. The van der Waals surface area contributed by atoms with E-state index in [-0.39, 0.29) is 10.5 Å². The molecule has 2 aromatic rings. The maximum atomic E-state index is 12.8. The molecule has 9 heteroatoms. The number of nitrogens with zero attached hydrogens (tertiary/aromatic N) is 1. The zero-order valence-electron chi connectivity index (χ0n) is 16.7. The molecule has 1 amide bonds. The number of methoxy groups -OCH3 is 1. The highest BCUT2D eigenvalue weighted by Crippen LogP contribution is 2.21. The van der Waals surface area contributed by atoms with E-state index in [1.165, 1.54) is 28.6 Å². The Labute approximate surface area is 175 Å². The van der Waals surface area contributed by atoms with Gasteiger partial charge in [-0.1, -0.05) is 12.5 Å². The fraction of sp³-hybridized carbons (Fsp3) is 0.333. The number of anilines is 1. The van der Waals surface area contributed by atoms with Gasteiger partial charge in [0.1, 0.15) is 5.75 Å². The van der Waals surface area contributed by atoms with Crippen molar-refractivity contribution in [3.05, 3.63) is 54.1 Å². The number of esters is 1. The van der Waals surface area contributed by atoms with Gasteiger partial charge in [0.25, 0.3) is 5.91 Å². The molecular weight excluding hydrogens is 408 g/mol. The normalized spacial score (nSPS) is 14.7. The third-order valence-electron chi connectivity index (χ3n) is 4.73. The summed E-state index contributed by atoms with van der Waals surface area (Å²) in [4.78, 5) is 24.4. The molecule has 8 nitrogen and oxygen atoms in total. The maximum Gasteiger partial charge on any atom is 0.338 e. The number of nitrogens with one attached hydrogen (secondary N) is 1. The molecule has 0 atom stereocenters. The van der Waals surface area contributed by atoms with E-state index in [4.69, 9.17) is 9.47 Å². The van der Waals surface area contributed by atoms with Crippen molar-refractivity contribution >= 4 is 27.6 Å². The Morgan fingerprint density at radius 1 is 1.03 bits per heavy atom. The minimum Gasteiger partial charge on any atom is -0.497 e. The first-order valence-electron chi connectivity index (χ1n) is 9.61. The number of amides is 1. The number of sulfonamides is 1. The van der Waals surface area contributed by atoms with Crippen LogP contribution in [0.2, 0.25) is 0 Å². The second-order valence-electron chi connectivity index (χ2n) is 6.85. The summed E-state index contributed by atoms with van der Waals surface area (Å²) in [6, 6.07) is 12.4. The van der Waals surface area contributed by atoms with Gasteiger partial charge in [-0.2, -0.15) is 4.31 Å². The van der Waals surface area contributed by atoms with Crippen molar-refractivity contribution in [1.82, 2.24) is 4.31 Å². The minimum absolute atomic E-state index is 0.0431. The second kappa shape index (κ2) is 9.73. The van der Waals surface area contributed by atoms with Crippen molar-refractivity contribution in [1.29, 1.82) is 0 Å². The van der Waals surface area contributed by atoms with Crippen LogP contribution in [0.4, 0.5) is 5.69 Å². The predicted molar refractivity (Wildman–Crippen MR) is 111 cm³/mol. The average molecular weight is 432 g/mol. The molecule has 1 saturated heterocycles. The topological polar surface area (TPSA) is 102 Å². The molecule has 1 aliphatic rings. The molecule has 0 saturated carbocycles. The van der Waals surface area contributed by atoms with Crippen molar-refractivity contribution in [3.63, 3.8) is 0 Å². The van der Waals surface area contributed by atoms with Crippen LogP contribution in [-0.4, -0.2) is 51.4 Å². The van der Waals surface area contributed by atoms with Gasteiger partial charge < -0.3 is 14.8 Å². The minimum atomic E-state index is -3.66. The standard InChI is InChI=1S/C21H24N2O6S/c1-28-18-10-8-17(9-11-18)22-20(24)15-29-21(25)16-6-5-7-19(14-16)30(26,27)23-12-3-2-4-13-23/h5-11,14H,2-4,12-13,15H2,1H3,(H,22,24). The Morgan fingerprint density at radius 3 is 2.40 bits per heavy atom. The Morgan fingerprint density at radius 2 is 1.73 bits per heavy atom. The highest BCUT2D eigenvalue weighted by molar-refractivity contribution is 7.89. The van der Waals surface area contributed by atoms with Crippen LogP contribution in [0.5, 0.6) is 5.75 Å². The average Bonchev–Trinajstić information content (AvgIpc) is 2.78. The van der Waals surface area contributed by atoms with E-state index >= 15 is 0 Å². The van der Waals surface area contributed by atoms with Gasteiger partial charge >= 0.3 is 5.97 Å². The van der Waals surface area contributed by atoms with Gasteiger partial charge in [-0.05, 0) is 55.3 Å². The predicted octanol–water partition coefficient (Wildman–Crippen LogP) is 2.67. The molecule has 2 aromatic carbocycles. The number of hydrogen-bond donors (Lipinski definition) is 1. The highest BCUT2D eigenvalue weighted by atomic mass is 32.2. The zero-order valence-corrected chi connectivity index (χ0v) is 17.5. The summed E-state index contributed by atoms with van der Waals surface area (Å²) in [6.45, 7) is 0.457. The van der Waals surface area contributed by atoms with Crippen LogP contribution in [0.15, 0.2) is 53.4 Å². The van der Waals surface area contributed by atoms with Gasteiger partial charge in [0.2, 0.25) is 10.0 Å². The quantitative estimate of drug-likeness (QED) is 0.675. The number of rotatable bonds is 7. The van der Waals surface area contributed by atoms with Crippen molar-refractivity contribution in [2.24, 2.45) is 0 Å². The van der Waals surface area contributed by atoms with E-state index < -0.39 is 28.5 Å². The molecule has 1 N–H and O–H groups in total. The SMILES string of the molecule is COc1ccc(NC(=O)COC(=O)c2cccc(S(=O)(=O)N3CCCCC3)c2)cc1. The molecule has 30 heavy (non-hydrogen) atoms. The fourth-order valence-corrected chi connectivity index (χ4v) is 4.69. The molecule has 0 unspecified atom stereocenters. The van der Waals surface area contributed by atoms with Gasteiger partial charge in [0.15, 0.2) is 6.61 Å². The number of hydrogen-bond acceptors (Lipinski definition) is 6. The van der Waals surface area contributed by atoms with E-state index in [1.807, 2.05) is 0 Å². The van der Waals surface area contributed by atoms with E-state index in [2.05, 4.69) is 5.32 Å². The fourth-order valence-electron chi connectivity index (χ4n) is 3.12. The molecule has 3 rings (SSSR count). The molecule has 0 spiro atoms. The van der Waals surface area contributed by atoms with E-state index in [0.29, 0.717) is 24.5 Å². The monoisotopic (exact) mass is 432 g/mol. The van der Waals surface area contributed by atoms with Crippen LogP contribution in [0.25, 0.3) is 0 Å². The largest absolute Gasteiger partial charge is 0.497 e. The number of benzene rings is 2. The van der Waals surface area contributed by atoms with E-state index in [9.17, 15) is 18.0 Å². The summed E-state index contributed by atoms with van der Waals surface area (Å²) in [5.74, 6) is -0.625. The molecule has 0 aliphatic carbocycles. The van der Waals surface area contributed by atoms with Crippen LogP contribution >= 0.6 is 0 Å². The lowest BCUT2D eigenvalue weighted by Crippen LogP contribution is -2.35. The highest BCUT2D eigenvalue weighted by Gasteiger charge is 2.26. The summed E-state index contributed by atoms with van der Waals surface area (Å²) >= 11 is 0. The molecule has 1 heterocycles. The van der Waals surface area contributed by atoms with Gasteiger partial charge in [-0.25, -0.2) is 13.2 Å². The van der Waals surface area contributed by atoms with Crippen molar-refractivity contribution in [3.8, 4) is 5.75 Å². The third kappa shape index (κ3) is 5.37. The Bertz CT molecular complexity index is 998. The van der Waals surface area contributed by atoms with E-state index in [0.717, 1.165) is 19.3 Å². The molecular formula is C21H24N2O6S. The lowest BCUT2D eigenvalue weighted by atomic mass is 10.2. The Balaban J connectivity index is 1.60. The van der Waals surface area contributed by atoms with Crippen LogP contribution < -0.4 is 10.1 Å². The van der Waals surface area contributed by atoms with Crippen LogP contribution in [0, 0.1) is 0 Å². The number of piperidine rings is 1. The van der Waals surface area contributed by atoms with Crippen LogP contribution in [-0.2, 0) is 19.6 Å². The molecule has 1 aliphatic heterocycles. The molecule has 0 radical (unpaired) electrons. The summed E-state index contributed by atoms with van der Waals surface area (Å²) in [7, 11) is -2.12. The van der Waals surface area contributed by atoms with Crippen molar-refractivity contribution < 1.29 is 27.5 Å². The van der Waals surface area contributed by atoms with Crippen molar-refractivity contribution in [2.75, 3.05) is 32.1 Å². The van der Waals surface area contributed by atoms with Gasteiger partial charge in [0.05, 0.1) is 17.6 Å². The third-order valence-corrected chi connectivity index (χ3v) is 6.63. The number of ether oxygens (including phenoxy) is 2.